The van der Waals surface area contributed by atoms with Gasteiger partial charge in [0.15, 0.2) is 0 Å². The van der Waals surface area contributed by atoms with Crippen LogP contribution in [0.1, 0.15) is 91.9 Å². The Labute approximate surface area is 121 Å². The molecule has 1 aliphatic rings. The van der Waals surface area contributed by atoms with Gasteiger partial charge in [-0.25, -0.2) is 0 Å². The van der Waals surface area contributed by atoms with Crippen LogP contribution >= 0.6 is 0 Å². The van der Waals surface area contributed by atoms with Crippen molar-refractivity contribution >= 4 is 0 Å². The van der Waals surface area contributed by atoms with Crippen LogP contribution in [0.3, 0.4) is 0 Å². The van der Waals surface area contributed by atoms with Crippen molar-refractivity contribution in [1.29, 1.82) is 0 Å². The molecule has 0 spiro atoms. The summed E-state index contributed by atoms with van der Waals surface area (Å²) in [6.07, 6.45) is 14.4. The Morgan fingerprint density at radius 2 is 1.58 bits per heavy atom. The zero-order valence-electron chi connectivity index (χ0n) is 13.9. The van der Waals surface area contributed by atoms with E-state index >= 15 is 0 Å². The van der Waals surface area contributed by atoms with Crippen LogP contribution in [0.25, 0.3) is 0 Å². The lowest BCUT2D eigenvalue weighted by Crippen LogP contribution is -2.37. The molecule has 1 N–H and O–H groups in total. The van der Waals surface area contributed by atoms with Crippen molar-refractivity contribution in [3.8, 4) is 0 Å². The molecule has 19 heavy (non-hydrogen) atoms. The van der Waals surface area contributed by atoms with Gasteiger partial charge in [0.2, 0.25) is 0 Å². The summed E-state index contributed by atoms with van der Waals surface area (Å²) in [6.45, 7) is 10.6. The topological polar surface area (TPSA) is 12.0 Å². The number of rotatable bonds is 12. The van der Waals surface area contributed by atoms with E-state index in [0.29, 0.717) is 11.5 Å². The highest BCUT2D eigenvalue weighted by Crippen LogP contribution is 2.48. The van der Waals surface area contributed by atoms with Gasteiger partial charge in [0.25, 0.3) is 0 Å². The fraction of sp³-hybridized carbons (Fsp3) is 1.00. The van der Waals surface area contributed by atoms with Crippen molar-refractivity contribution in [1.82, 2.24) is 5.32 Å². The zero-order valence-corrected chi connectivity index (χ0v) is 13.9. The third-order valence-corrected chi connectivity index (χ3v) is 4.83. The molecule has 1 fully saturated rings. The van der Waals surface area contributed by atoms with Crippen molar-refractivity contribution in [2.45, 2.75) is 97.9 Å². The molecule has 1 heteroatoms. The molecule has 1 unspecified atom stereocenters. The third kappa shape index (κ3) is 7.34. The fourth-order valence-corrected chi connectivity index (χ4v) is 3.14. The van der Waals surface area contributed by atoms with Crippen LogP contribution in [0.15, 0.2) is 0 Å². The molecule has 1 aliphatic carbocycles. The first kappa shape index (κ1) is 17.0. The summed E-state index contributed by atoms with van der Waals surface area (Å²) in [6, 6.07) is 0.632. The van der Waals surface area contributed by atoms with E-state index in [9.17, 15) is 0 Å². The van der Waals surface area contributed by atoms with Gasteiger partial charge in [0, 0.05) is 12.6 Å². The summed E-state index contributed by atoms with van der Waals surface area (Å²) in [5.74, 6) is 1.01. The Hall–Kier alpha value is -0.0400. The Bertz CT molecular complexity index is 220. The Kier molecular flexibility index (Phi) is 8.06. The van der Waals surface area contributed by atoms with Gasteiger partial charge in [-0.05, 0) is 30.6 Å². The molecule has 1 rings (SSSR count). The maximum Gasteiger partial charge on any atom is 0.00106 e. The van der Waals surface area contributed by atoms with Crippen molar-refractivity contribution in [3.05, 3.63) is 0 Å². The monoisotopic (exact) mass is 267 g/mol. The molecule has 0 saturated heterocycles. The lowest BCUT2D eigenvalue weighted by atomic mass is 9.79. The molecule has 1 atom stereocenters. The van der Waals surface area contributed by atoms with Crippen LogP contribution in [-0.4, -0.2) is 12.6 Å². The van der Waals surface area contributed by atoms with E-state index in [4.69, 9.17) is 0 Å². The molecule has 0 heterocycles. The molecule has 0 aromatic rings. The number of hydrogen-bond donors (Lipinski definition) is 1. The first-order valence-corrected chi connectivity index (χ1v) is 8.82. The SMILES string of the molecule is CCCCCCCCCC(C)(CNC(C)C)C1CC1. The van der Waals surface area contributed by atoms with E-state index < -0.39 is 0 Å². The average Bonchev–Trinajstić information content (AvgIpc) is 3.20. The van der Waals surface area contributed by atoms with Crippen LogP contribution in [-0.2, 0) is 0 Å². The largest absolute Gasteiger partial charge is 0.314 e. The summed E-state index contributed by atoms with van der Waals surface area (Å²) in [4.78, 5) is 0. The summed E-state index contributed by atoms with van der Waals surface area (Å²) in [5, 5.41) is 3.68. The van der Waals surface area contributed by atoms with Gasteiger partial charge >= 0.3 is 0 Å². The minimum absolute atomic E-state index is 0.577. The predicted molar refractivity (Wildman–Crippen MR) is 86.6 cm³/mol. The summed E-state index contributed by atoms with van der Waals surface area (Å²) in [5.41, 5.74) is 0.577. The van der Waals surface area contributed by atoms with E-state index in [-0.39, 0.29) is 0 Å². The van der Waals surface area contributed by atoms with Gasteiger partial charge in [-0.2, -0.15) is 0 Å². The molecule has 0 aromatic heterocycles. The molecule has 1 saturated carbocycles. The van der Waals surface area contributed by atoms with E-state index in [1.807, 2.05) is 0 Å². The van der Waals surface area contributed by atoms with Gasteiger partial charge in [-0.1, -0.05) is 72.6 Å². The van der Waals surface area contributed by atoms with Gasteiger partial charge in [0.1, 0.15) is 0 Å². The normalized spacial score (nSPS) is 18.8. The Morgan fingerprint density at radius 1 is 1.00 bits per heavy atom. The highest BCUT2D eigenvalue weighted by atomic mass is 14.9. The highest BCUT2D eigenvalue weighted by Gasteiger charge is 2.40. The zero-order chi connectivity index (χ0) is 14.1. The Balaban J connectivity index is 2.11. The second-order valence-electron chi connectivity index (χ2n) is 7.34. The van der Waals surface area contributed by atoms with Crippen LogP contribution in [0.4, 0.5) is 0 Å². The highest BCUT2D eigenvalue weighted by molar-refractivity contribution is 4.92. The van der Waals surface area contributed by atoms with E-state index in [2.05, 4.69) is 33.0 Å². The maximum absolute atomic E-state index is 3.68. The summed E-state index contributed by atoms with van der Waals surface area (Å²) in [7, 11) is 0. The van der Waals surface area contributed by atoms with E-state index in [0.717, 1.165) is 5.92 Å². The summed E-state index contributed by atoms with van der Waals surface area (Å²) < 4.78 is 0. The standard InChI is InChI=1S/C18H37N/c1-5-6-7-8-9-10-11-14-18(4,17-12-13-17)15-19-16(2)3/h16-17,19H,5-15H2,1-4H3. The number of nitrogens with one attached hydrogen (secondary N) is 1. The fourth-order valence-electron chi connectivity index (χ4n) is 3.14. The molecule has 0 bridgehead atoms. The second-order valence-corrected chi connectivity index (χ2v) is 7.34. The van der Waals surface area contributed by atoms with Crippen LogP contribution < -0.4 is 5.32 Å². The van der Waals surface area contributed by atoms with Crippen molar-refractivity contribution in [2.75, 3.05) is 6.54 Å². The lowest BCUT2D eigenvalue weighted by molar-refractivity contribution is 0.222. The van der Waals surface area contributed by atoms with Crippen molar-refractivity contribution in [3.63, 3.8) is 0 Å². The number of hydrogen-bond acceptors (Lipinski definition) is 1. The predicted octanol–water partition coefficient (Wildman–Crippen LogP) is 5.54. The molecule has 0 aromatic carbocycles. The minimum Gasteiger partial charge on any atom is -0.314 e. The second kappa shape index (κ2) is 9.00. The Morgan fingerprint density at radius 3 is 2.11 bits per heavy atom. The summed E-state index contributed by atoms with van der Waals surface area (Å²) >= 11 is 0. The molecule has 114 valence electrons. The molecule has 0 radical (unpaired) electrons. The van der Waals surface area contributed by atoms with E-state index in [1.54, 1.807) is 0 Å². The lowest BCUT2D eigenvalue weighted by Gasteiger charge is -2.31. The van der Waals surface area contributed by atoms with E-state index in [1.165, 1.54) is 70.8 Å². The van der Waals surface area contributed by atoms with Gasteiger partial charge < -0.3 is 5.32 Å². The molecular formula is C18H37N. The van der Waals surface area contributed by atoms with Crippen LogP contribution in [0.5, 0.6) is 0 Å². The maximum atomic E-state index is 3.68. The van der Waals surface area contributed by atoms with Crippen LogP contribution in [0.2, 0.25) is 0 Å². The van der Waals surface area contributed by atoms with Gasteiger partial charge in [-0.3, -0.25) is 0 Å². The smallest absolute Gasteiger partial charge is 0.00106 e. The first-order valence-electron chi connectivity index (χ1n) is 8.82. The van der Waals surface area contributed by atoms with Gasteiger partial charge in [0.05, 0.1) is 0 Å². The third-order valence-electron chi connectivity index (χ3n) is 4.83. The quantitative estimate of drug-likeness (QED) is 0.458. The molecule has 0 amide bonds. The molecule has 1 nitrogen and oxygen atoms in total. The van der Waals surface area contributed by atoms with Crippen molar-refractivity contribution in [2.24, 2.45) is 11.3 Å². The first-order chi connectivity index (χ1) is 9.08. The minimum atomic E-state index is 0.577. The van der Waals surface area contributed by atoms with Crippen molar-refractivity contribution < 1.29 is 0 Å². The van der Waals surface area contributed by atoms with Gasteiger partial charge in [-0.15, -0.1) is 0 Å². The average molecular weight is 268 g/mol. The number of unbranched alkanes of at least 4 members (excludes halogenated alkanes) is 6. The molecule has 0 aliphatic heterocycles. The van der Waals surface area contributed by atoms with Crippen LogP contribution in [0, 0.1) is 11.3 Å². The molecular weight excluding hydrogens is 230 g/mol.